The Morgan fingerprint density at radius 3 is 2.54 bits per heavy atom. The van der Waals surface area contributed by atoms with Crippen molar-refractivity contribution in [2.75, 3.05) is 19.8 Å². The van der Waals surface area contributed by atoms with Gasteiger partial charge in [0.25, 0.3) is 0 Å². The smallest absolute Gasteiger partial charge is 0.241 e. The van der Waals surface area contributed by atoms with Crippen LogP contribution in [0.2, 0.25) is 0 Å². The first-order chi connectivity index (χ1) is 11.5. The van der Waals surface area contributed by atoms with Gasteiger partial charge in [-0.1, -0.05) is 22.0 Å². The van der Waals surface area contributed by atoms with Crippen LogP contribution in [-0.4, -0.2) is 28.2 Å². The molecule has 5 nitrogen and oxygen atoms in total. The van der Waals surface area contributed by atoms with E-state index < -0.39 is 10.0 Å². The Morgan fingerprint density at radius 2 is 1.75 bits per heavy atom. The topological polar surface area (TPSA) is 64.6 Å². The molecule has 8 heteroatoms. The molecule has 1 heterocycles. The Bertz CT molecular complexity index is 855. The number of halogens is 2. The van der Waals surface area contributed by atoms with E-state index in [2.05, 4.69) is 36.6 Å². The number of rotatable bonds is 5. The van der Waals surface area contributed by atoms with Crippen LogP contribution >= 0.6 is 31.9 Å². The molecule has 128 valence electrons. The molecule has 2 aromatic carbocycles. The second kappa shape index (κ2) is 7.43. The number of ether oxygens (including phenoxy) is 2. The van der Waals surface area contributed by atoms with Gasteiger partial charge in [-0.15, -0.1) is 0 Å². The van der Waals surface area contributed by atoms with Crippen molar-refractivity contribution in [3.05, 3.63) is 50.9 Å². The second-order valence-electron chi connectivity index (χ2n) is 5.20. The zero-order chi connectivity index (χ0) is 17.2. The Morgan fingerprint density at radius 1 is 1.00 bits per heavy atom. The van der Waals surface area contributed by atoms with Crippen LogP contribution in [0.5, 0.6) is 11.5 Å². The van der Waals surface area contributed by atoms with Gasteiger partial charge in [-0.05, 0) is 58.2 Å². The van der Waals surface area contributed by atoms with E-state index >= 15 is 0 Å². The average molecular weight is 477 g/mol. The zero-order valence-electron chi connectivity index (χ0n) is 12.6. The summed E-state index contributed by atoms with van der Waals surface area (Å²) in [6.45, 7) is 1.37. The molecule has 1 aliphatic rings. The van der Waals surface area contributed by atoms with Gasteiger partial charge in [0.15, 0.2) is 11.5 Å². The Hall–Kier alpha value is -1.09. The van der Waals surface area contributed by atoms with E-state index in [1.165, 1.54) is 0 Å². The lowest BCUT2D eigenvalue weighted by molar-refractivity contribution is 0.171. The molecular weight excluding hydrogens is 462 g/mol. The summed E-state index contributed by atoms with van der Waals surface area (Å²) in [4.78, 5) is 0.207. The first-order valence-corrected chi connectivity index (χ1v) is 10.4. The molecule has 24 heavy (non-hydrogen) atoms. The number of sulfonamides is 1. The van der Waals surface area contributed by atoms with E-state index in [0.717, 1.165) is 11.3 Å². The molecule has 0 bridgehead atoms. The van der Waals surface area contributed by atoms with E-state index in [1.54, 1.807) is 18.2 Å². The molecular formula is C16H15Br2NO4S. The van der Waals surface area contributed by atoms with Gasteiger partial charge in [-0.25, -0.2) is 13.1 Å². The monoisotopic (exact) mass is 475 g/mol. The lowest BCUT2D eigenvalue weighted by Crippen LogP contribution is -2.26. The molecule has 2 aromatic rings. The predicted octanol–water partition coefficient (Wildman–Crippen LogP) is 3.50. The van der Waals surface area contributed by atoms with Crippen molar-refractivity contribution < 1.29 is 17.9 Å². The third-order valence-electron chi connectivity index (χ3n) is 3.50. The number of hydrogen-bond donors (Lipinski definition) is 1. The van der Waals surface area contributed by atoms with Crippen molar-refractivity contribution in [2.24, 2.45) is 0 Å². The minimum absolute atomic E-state index is 0.207. The van der Waals surface area contributed by atoms with E-state index in [0.29, 0.717) is 40.9 Å². The Balaban J connectivity index is 1.66. The first kappa shape index (κ1) is 17.7. The zero-order valence-corrected chi connectivity index (χ0v) is 16.6. The summed E-state index contributed by atoms with van der Waals surface area (Å²) in [5.41, 5.74) is 0.982. The summed E-state index contributed by atoms with van der Waals surface area (Å²) in [5, 5.41) is 0. The summed E-state index contributed by atoms with van der Waals surface area (Å²) in [6, 6.07) is 10.7. The summed E-state index contributed by atoms with van der Waals surface area (Å²) < 4.78 is 39.7. The molecule has 0 fully saturated rings. The van der Waals surface area contributed by atoms with Crippen molar-refractivity contribution in [3.63, 3.8) is 0 Å². The molecule has 0 radical (unpaired) electrons. The maximum atomic E-state index is 12.4. The van der Waals surface area contributed by atoms with Crippen molar-refractivity contribution in [2.45, 2.75) is 11.3 Å². The molecule has 0 saturated carbocycles. The fraction of sp³-hybridized carbons (Fsp3) is 0.250. The van der Waals surface area contributed by atoms with E-state index in [-0.39, 0.29) is 4.90 Å². The van der Waals surface area contributed by atoms with Gasteiger partial charge < -0.3 is 9.47 Å². The lowest BCUT2D eigenvalue weighted by atomic mass is 10.1. The maximum Gasteiger partial charge on any atom is 0.241 e. The van der Waals surface area contributed by atoms with Crippen LogP contribution in [0.3, 0.4) is 0 Å². The van der Waals surface area contributed by atoms with Crippen LogP contribution in [0, 0.1) is 0 Å². The van der Waals surface area contributed by atoms with Gasteiger partial charge in [0.1, 0.15) is 13.2 Å². The maximum absolute atomic E-state index is 12.4. The molecule has 0 amide bonds. The van der Waals surface area contributed by atoms with Crippen molar-refractivity contribution in [1.82, 2.24) is 4.72 Å². The van der Waals surface area contributed by atoms with E-state index in [4.69, 9.17) is 9.47 Å². The number of nitrogens with one attached hydrogen (secondary N) is 1. The summed E-state index contributed by atoms with van der Waals surface area (Å²) in [6.07, 6.45) is 0.557. The van der Waals surface area contributed by atoms with Crippen LogP contribution in [0.25, 0.3) is 0 Å². The van der Waals surface area contributed by atoms with Gasteiger partial charge in [0.2, 0.25) is 10.0 Å². The number of benzene rings is 2. The van der Waals surface area contributed by atoms with E-state index in [9.17, 15) is 8.42 Å². The van der Waals surface area contributed by atoms with Crippen LogP contribution in [0.1, 0.15) is 5.56 Å². The highest BCUT2D eigenvalue weighted by molar-refractivity contribution is 9.11. The quantitative estimate of drug-likeness (QED) is 0.717. The van der Waals surface area contributed by atoms with Crippen LogP contribution in [-0.2, 0) is 16.4 Å². The van der Waals surface area contributed by atoms with Gasteiger partial charge in [-0.3, -0.25) is 0 Å². The highest BCUT2D eigenvalue weighted by Crippen LogP contribution is 2.31. The fourth-order valence-electron chi connectivity index (χ4n) is 2.33. The van der Waals surface area contributed by atoms with Gasteiger partial charge in [0.05, 0.1) is 4.90 Å². The minimum atomic E-state index is -3.58. The van der Waals surface area contributed by atoms with Gasteiger partial charge in [0, 0.05) is 15.5 Å². The number of fused-ring (bicyclic) bond motifs is 1. The number of hydrogen-bond acceptors (Lipinski definition) is 4. The third-order valence-corrected chi connectivity index (χ3v) is 6.44. The van der Waals surface area contributed by atoms with Gasteiger partial charge >= 0.3 is 0 Å². The largest absolute Gasteiger partial charge is 0.486 e. The summed E-state index contributed by atoms with van der Waals surface area (Å²) >= 11 is 6.56. The lowest BCUT2D eigenvalue weighted by Gasteiger charge is -2.18. The molecule has 1 N–H and O–H groups in total. The molecule has 1 aliphatic heterocycles. The molecule has 3 rings (SSSR count). The average Bonchev–Trinajstić information content (AvgIpc) is 2.56. The minimum Gasteiger partial charge on any atom is -0.486 e. The summed E-state index contributed by atoms with van der Waals surface area (Å²) in [5.74, 6) is 1.43. The Kier molecular flexibility index (Phi) is 5.49. The van der Waals surface area contributed by atoms with Crippen molar-refractivity contribution in [3.8, 4) is 11.5 Å². The second-order valence-corrected chi connectivity index (χ2v) is 8.71. The molecule has 0 atom stereocenters. The van der Waals surface area contributed by atoms with Crippen LogP contribution in [0.4, 0.5) is 0 Å². The predicted molar refractivity (Wildman–Crippen MR) is 98.2 cm³/mol. The molecule has 0 aliphatic carbocycles. The standard InChI is InChI=1S/C16H15Br2NO4S/c17-12-2-3-13(18)16(10-12)24(20,21)19-6-5-11-1-4-14-15(9-11)23-8-7-22-14/h1-4,9-10,19H,5-8H2. The summed E-state index contributed by atoms with van der Waals surface area (Å²) in [7, 11) is -3.58. The normalized spacial score (nSPS) is 13.8. The highest BCUT2D eigenvalue weighted by Gasteiger charge is 2.18. The third kappa shape index (κ3) is 4.11. The molecule has 0 unspecified atom stereocenters. The van der Waals surface area contributed by atoms with Gasteiger partial charge in [-0.2, -0.15) is 0 Å². The van der Waals surface area contributed by atoms with E-state index in [1.807, 2.05) is 18.2 Å². The molecule has 0 aromatic heterocycles. The van der Waals surface area contributed by atoms with Crippen molar-refractivity contribution >= 4 is 41.9 Å². The van der Waals surface area contributed by atoms with Crippen molar-refractivity contribution in [1.29, 1.82) is 0 Å². The first-order valence-electron chi connectivity index (χ1n) is 7.29. The highest BCUT2D eigenvalue weighted by atomic mass is 79.9. The van der Waals surface area contributed by atoms with Crippen LogP contribution in [0.15, 0.2) is 50.2 Å². The molecule has 0 spiro atoms. The van der Waals surface area contributed by atoms with Crippen LogP contribution < -0.4 is 14.2 Å². The SMILES string of the molecule is O=S(=O)(NCCc1ccc2c(c1)OCCO2)c1cc(Br)ccc1Br. The fourth-order valence-corrected chi connectivity index (χ4v) is 4.87. The Labute approximate surface area is 157 Å². The molecule has 0 saturated heterocycles.